The van der Waals surface area contributed by atoms with E-state index < -0.39 is 36.3 Å². The van der Waals surface area contributed by atoms with E-state index in [1.54, 1.807) is 24.5 Å². The number of furan rings is 2. The molecule has 2 atom stereocenters. The van der Waals surface area contributed by atoms with Gasteiger partial charge >= 0.3 is 17.8 Å². The number of fused-ring (bicyclic) bond motifs is 1. The molecule has 2 unspecified atom stereocenters. The number of amides is 5. The second-order valence-electron chi connectivity index (χ2n) is 8.85. The fourth-order valence-electron chi connectivity index (χ4n) is 4.90. The Morgan fingerprint density at radius 1 is 1.11 bits per heavy atom. The molecule has 0 aromatic carbocycles. The number of hydrogen-bond donors (Lipinski definition) is 0. The van der Waals surface area contributed by atoms with Crippen molar-refractivity contribution in [2.75, 3.05) is 13.1 Å². The maximum absolute atomic E-state index is 13.5. The van der Waals surface area contributed by atoms with Gasteiger partial charge in [-0.2, -0.15) is 5.10 Å². The summed E-state index contributed by atoms with van der Waals surface area (Å²) >= 11 is 0. The van der Waals surface area contributed by atoms with Gasteiger partial charge in [0.1, 0.15) is 24.1 Å². The fraction of sp³-hybridized carbons (Fsp3) is 0.400. The second-order valence-corrected chi connectivity index (χ2v) is 8.85. The molecule has 0 bridgehead atoms. The van der Waals surface area contributed by atoms with Crippen molar-refractivity contribution in [2.45, 2.75) is 45.1 Å². The summed E-state index contributed by atoms with van der Waals surface area (Å²) in [6.07, 6.45) is 8.89. The molecule has 0 radical (unpaired) electrons. The number of carbonyl (C=O) groups is 4. The summed E-state index contributed by atoms with van der Waals surface area (Å²) in [7, 11) is 0. The smallest absolute Gasteiger partial charge is 0.334 e. The van der Waals surface area contributed by atoms with Crippen LogP contribution in [0.1, 0.15) is 56.6 Å². The molecule has 0 spiro atoms. The molecule has 35 heavy (non-hydrogen) atoms. The second kappa shape index (κ2) is 9.36. The van der Waals surface area contributed by atoms with Gasteiger partial charge in [0.05, 0.1) is 18.2 Å². The zero-order chi connectivity index (χ0) is 24.5. The van der Waals surface area contributed by atoms with E-state index in [4.69, 9.17) is 8.83 Å². The molecule has 1 saturated heterocycles. The summed E-state index contributed by atoms with van der Waals surface area (Å²) in [6, 6.07) is 5.92. The maximum Gasteiger partial charge on any atom is 0.334 e. The lowest BCUT2D eigenvalue weighted by molar-refractivity contribution is -0.145. The highest BCUT2D eigenvalue weighted by Crippen LogP contribution is 2.44. The Morgan fingerprint density at radius 3 is 2.60 bits per heavy atom. The highest BCUT2D eigenvalue weighted by Gasteiger charge is 2.49. The van der Waals surface area contributed by atoms with E-state index in [1.165, 1.54) is 11.3 Å². The van der Waals surface area contributed by atoms with E-state index in [0.29, 0.717) is 22.8 Å². The molecule has 2 aromatic rings. The minimum Gasteiger partial charge on any atom is -0.467 e. The van der Waals surface area contributed by atoms with Gasteiger partial charge in [-0.1, -0.05) is 13.3 Å². The lowest BCUT2D eigenvalue weighted by Crippen LogP contribution is -2.42. The Morgan fingerprint density at radius 2 is 1.89 bits per heavy atom. The van der Waals surface area contributed by atoms with E-state index in [1.807, 2.05) is 19.1 Å². The van der Waals surface area contributed by atoms with E-state index in [-0.39, 0.29) is 12.5 Å². The lowest BCUT2D eigenvalue weighted by Gasteiger charge is -2.28. The van der Waals surface area contributed by atoms with Gasteiger partial charge in [-0.05, 0) is 61.6 Å². The Hall–Kier alpha value is -3.95. The maximum atomic E-state index is 13.5. The van der Waals surface area contributed by atoms with Gasteiger partial charge in [0.15, 0.2) is 0 Å². The molecule has 10 heteroatoms. The van der Waals surface area contributed by atoms with Crippen LogP contribution in [0.2, 0.25) is 0 Å². The van der Waals surface area contributed by atoms with Crippen LogP contribution in [0.4, 0.5) is 4.79 Å². The van der Waals surface area contributed by atoms with Crippen LogP contribution in [0, 0.1) is 5.92 Å². The quantitative estimate of drug-likeness (QED) is 0.444. The van der Waals surface area contributed by atoms with E-state index in [2.05, 4.69) is 5.10 Å². The van der Waals surface area contributed by atoms with Gasteiger partial charge in [0, 0.05) is 12.5 Å². The summed E-state index contributed by atoms with van der Waals surface area (Å²) in [5.74, 6) is -1.28. The first kappa shape index (κ1) is 22.8. The van der Waals surface area contributed by atoms with Crippen LogP contribution >= 0.6 is 0 Å². The molecule has 182 valence electrons. The summed E-state index contributed by atoms with van der Waals surface area (Å²) in [5, 5.41) is 5.98. The third kappa shape index (κ3) is 4.09. The topological polar surface area (TPSA) is 117 Å². The molecule has 2 fully saturated rings. The first-order valence-electron chi connectivity index (χ1n) is 11.8. The summed E-state index contributed by atoms with van der Waals surface area (Å²) < 4.78 is 11.1. The SMILES string of the molecule is CCCCN1C(=O)C(=O)N(CC(=O)N2N=C3/C(=C\c4ccco4)CCCC3C2c2ccco2)C1=O. The zero-order valence-electron chi connectivity index (χ0n) is 19.4. The molecule has 0 N–H and O–H groups in total. The van der Waals surface area contributed by atoms with Crippen molar-refractivity contribution in [3.8, 4) is 0 Å². The normalized spacial score (nSPS) is 23.5. The number of imide groups is 2. The number of hydrogen-bond acceptors (Lipinski definition) is 7. The lowest BCUT2D eigenvalue weighted by atomic mass is 9.79. The number of allylic oxidation sites excluding steroid dienone is 1. The van der Waals surface area contributed by atoms with Crippen LogP contribution in [-0.4, -0.2) is 57.4 Å². The van der Waals surface area contributed by atoms with Crippen molar-refractivity contribution < 1.29 is 28.0 Å². The number of hydrazone groups is 1. The van der Waals surface area contributed by atoms with Crippen LogP contribution in [0.25, 0.3) is 6.08 Å². The van der Waals surface area contributed by atoms with Gasteiger partial charge in [-0.25, -0.2) is 14.7 Å². The van der Waals surface area contributed by atoms with Gasteiger partial charge in [0.2, 0.25) is 0 Å². The number of urea groups is 1. The molecule has 5 rings (SSSR count). The monoisotopic (exact) mass is 478 g/mol. The van der Waals surface area contributed by atoms with Gasteiger partial charge in [-0.15, -0.1) is 0 Å². The average Bonchev–Trinajstić information content (AvgIpc) is 3.64. The predicted octanol–water partition coefficient (Wildman–Crippen LogP) is 3.59. The van der Waals surface area contributed by atoms with Crippen LogP contribution in [0.5, 0.6) is 0 Å². The molecule has 1 aliphatic carbocycles. The van der Waals surface area contributed by atoms with Gasteiger partial charge in [-0.3, -0.25) is 19.3 Å². The largest absolute Gasteiger partial charge is 0.467 e. The fourth-order valence-corrected chi connectivity index (χ4v) is 4.90. The van der Waals surface area contributed by atoms with Crippen molar-refractivity contribution in [1.29, 1.82) is 0 Å². The zero-order valence-corrected chi connectivity index (χ0v) is 19.4. The first-order valence-corrected chi connectivity index (χ1v) is 11.8. The molecular weight excluding hydrogens is 452 g/mol. The number of rotatable bonds is 7. The Kier molecular flexibility index (Phi) is 6.10. The molecular formula is C25H26N4O6. The number of unbranched alkanes of at least 4 members (excludes halogenated alkanes) is 1. The van der Waals surface area contributed by atoms with Crippen molar-refractivity contribution >= 4 is 35.5 Å². The Balaban J connectivity index is 1.43. The van der Waals surface area contributed by atoms with Crippen molar-refractivity contribution in [3.63, 3.8) is 0 Å². The van der Waals surface area contributed by atoms with Crippen LogP contribution in [-0.2, 0) is 14.4 Å². The number of carbonyl (C=O) groups excluding carboxylic acids is 4. The molecule has 5 amide bonds. The van der Waals surface area contributed by atoms with Gasteiger partial charge in [0.25, 0.3) is 5.91 Å². The van der Waals surface area contributed by atoms with Crippen LogP contribution in [0.3, 0.4) is 0 Å². The molecule has 2 aliphatic heterocycles. The van der Waals surface area contributed by atoms with E-state index in [0.717, 1.165) is 41.9 Å². The molecule has 1 saturated carbocycles. The standard InChI is InChI=1S/C25H26N4O6/c1-2-3-11-27-23(31)24(32)28(25(27)33)15-20(30)29-22(19-10-6-13-35-19)18-9-4-7-16(21(18)26-29)14-17-8-5-12-34-17/h5-6,8,10,12-14,18,22H,2-4,7,9,11,15H2,1H3/b16-14-. The minimum atomic E-state index is -0.989. The van der Waals surface area contributed by atoms with Crippen molar-refractivity contribution in [1.82, 2.24) is 14.8 Å². The van der Waals surface area contributed by atoms with Crippen molar-refractivity contribution in [2.24, 2.45) is 11.0 Å². The molecule has 10 nitrogen and oxygen atoms in total. The predicted molar refractivity (Wildman–Crippen MR) is 123 cm³/mol. The van der Waals surface area contributed by atoms with Crippen LogP contribution < -0.4 is 0 Å². The Labute approximate surface area is 201 Å². The summed E-state index contributed by atoms with van der Waals surface area (Å²) in [4.78, 5) is 52.6. The van der Waals surface area contributed by atoms with Crippen LogP contribution in [0.15, 0.2) is 56.3 Å². The molecule has 4 heterocycles. The summed E-state index contributed by atoms with van der Waals surface area (Å²) in [5.41, 5.74) is 1.74. The molecule has 2 aromatic heterocycles. The summed E-state index contributed by atoms with van der Waals surface area (Å²) in [6.45, 7) is 1.50. The third-order valence-electron chi connectivity index (χ3n) is 6.62. The van der Waals surface area contributed by atoms with Gasteiger partial charge < -0.3 is 8.83 Å². The molecule has 3 aliphatic rings. The highest BCUT2D eigenvalue weighted by atomic mass is 16.3. The first-order chi connectivity index (χ1) is 17.0. The van der Waals surface area contributed by atoms with E-state index in [9.17, 15) is 19.2 Å². The average molecular weight is 479 g/mol. The minimum absolute atomic E-state index is 0.104. The highest BCUT2D eigenvalue weighted by molar-refractivity contribution is 6.45. The Bertz CT molecular complexity index is 1200. The van der Waals surface area contributed by atoms with Crippen molar-refractivity contribution in [3.05, 3.63) is 53.9 Å². The van der Waals surface area contributed by atoms with E-state index >= 15 is 0 Å². The number of nitrogens with zero attached hydrogens (tertiary/aromatic N) is 4. The third-order valence-corrected chi connectivity index (χ3v) is 6.62.